The summed E-state index contributed by atoms with van der Waals surface area (Å²) >= 11 is 0. The number of nitrogens with one attached hydrogen (secondary N) is 2. The summed E-state index contributed by atoms with van der Waals surface area (Å²) < 4.78 is 39.6. The van der Waals surface area contributed by atoms with Crippen LogP contribution in [0.2, 0.25) is 0 Å². The molecule has 0 aliphatic rings. The maximum Gasteiger partial charge on any atom is 0.422 e. The van der Waals surface area contributed by atoms with Crippen LogP contribution in [0.3, 0.4) is 0 Å². The Morgan fingerprint density at radius 3 is 2.36 bits per heavy atom. The Bertz CT molecular complexity index is 515. The highest BCUT2D eigenvalue weighted by Gasteiger charge is 2.29. The Kier molecular flexibility index (Phi) is 6.21. The summed E-state index contributed by atoms with van der Waals surface area (Å²) in [5.41, 5.74) is 1.47. The van der Waals surface area contributed by atoms with Gasteiger partial charge in [-0.15, -0.1) is 0 Å². The van der Waals surface area contributed by atoms with Gasteiger partial charge in [-0.1, -0.05) is 17.7 Å². The van der Waals surface area contributed by atoms with Gasteiger partial charge < -0.3 is 15.4 Å². The third kappa shape index (κ3) is 6.96. The minimum absolute atomic E-state index is 0.0633. The summed E-state index contributed by atoms with van der Waals surface area (Å²) in [5.74, 6) is -0.336. The molecule has 2 N–H and O–H groups in total. The standard InChI is InChI=1S/C14H17F3N2O3/c1-9-3-5-11(6-4-9)12(20)18-7-10(2)19-13(21)22-8-14(15,16)17/h3-6,10H,7-8H2,1-2H3,(H,18,20)(H,19,21). The van der Waals surface area contributed by atoms with Gasteiger partial charge in [0.25, 0.3) is 5.91 Å². The van der Waals surface area contributed by atoms with E-state index in [1.54, 1.807) is 24.3 Å². The lowest BCUT2D eigenvalue weighted by molar-refractivity contribution is -0.160. The number of aryl methyl sites for hydroxylation is 1. The first-order valence-electron chi connectivity index (χ1n) is 6.52. The number of amides is 2. The Morgan fingerprint density at radius 1 is 1.23 bits per heavy atom. The number of carbonyl (C=O) groups excluding carboxylic acids is 2. The van der Waals surface area contributed by atoms with Gasteiger partial charge in [0.05, 0.1) is 0 Å². The fourth-order valence-electron chi connectivity index (χ4n) is 1.49. The number of halogens is 3. The highest BCUT2D eigenvalue weighted by Crippen LogP contribution is 2.14. The number of alkyl carbamates (subject to hydrolysis) is 1. The molecule has 0 bridgehead atoms. The van der Waals surface area contributed by atoms with E-state index in [-0.39, 0.29) is 12.5 Å². The van der Waals surface area contributed by atoms with Crippen LogP contribution in [0.15, 0.2) is 24.3 Å². The molecule has 0 aromatic heterocycles. The normalized spacial score (nSPS) is 12.4. The summed E-state index contributed by atoms with van der Waals surface area (Å²) in [6.45, 7) is 1.83. The molecule has 1 rings (SSSR count). The van der Waals surface area contributed by atoms with Crippen molar-refractivity contribution in [3.05, 3.63) is 35.4 Å². The molecule has 0 heterocycles. The van der Waals surface area contributed by atoms with Crippen molar-refractivity contribution in [2.45, 2.75) is 26.1 Å². The second kappa shape index (κ2) is 7.67. The first-order chi connectivity index (χ1) is 10.2. The molecular weight excluding hydrogens is 301 g/mol. The van der Waals surface area contributed by atoms with Crippen molar-refractivity contribution in [2.75, 3.05) is 13.2 Å². The third-order valence-corrected chi connectivity index (χ3v) is 2.61. The summed E-state index contributed by atoms with van der Waals surface area (Å²) in [7, 11) is 0. The topological polar surface area (TPSA) is 67.4 Å². The van der Waals surface area contributed by atoms with Crippen LogP contribution in [0.1, 0.15) is 22.8 Å². The molecular formula is C14H17F3N2O3. The van der Waals surface area contributed by atoms with Crippen molar-refractivity contribution < 1.29 is 27.5 Å². The highest BCUT2D eigenvalue weighted by molar-refractivity contribution is 5.94. The average Bonchev–Trinajstić information content (AvgIpc) is 2.42. The van der Waals surface area contributed by atoms with E-state index in [1.807, 2.05) is 6.92 Å². The van der Waals surface area contributed by atoms with Crippen molar-refractivity contribution in [1.29, 1.82) is 0 Å². The van der Waals surface area contributed by atoms with Crippen LogP contribution in [0.25, 0.3) is 0 Å². The van der Waals surface area contributed by atoms with E-state index in [0.29, 0.717) is 5.56 Å². The monoisotopic (exact) mass is 318 g/mol. The van der Waals surface area contributed by atoms with Crippen molar-refractivity contribution >= 4 is 12.0 Å². The van der Waals surface area contributed by atoms with Gasteiger partial charge in [0.15, 0.2) is 6.61 Å². The Balaban J connectivity index is 2.33. The molecule has 0 radical (unpaired) electrons. The quantitative estimate of drug-likeness (QED) is 0.876. The van der Waals surface area contributed by atoms with Crippen molar-refractivity contribution in [3.8, 4) is 0 Å². The molecule has 1 atom stereocenters. The largest absolute Gasteiger partial charge is 0.440 e. The predicted molar refractivity (Wildman–Crippen MR) is 73.5 cm³/mol. The van der Waals surface area contributed by atoms with E-state index < -0.39 is 24.9 Å². The first kappa shape index (κ1) is 17.8. The van der Waals surface area contributed by atoms with Gasteiger partial charge in [0.2, 0.25) is 0 Å². The lowest BCUT2D eigenvalue weighted by Crippen LogP contribution is -2.42. The summed E-state index contributed by atoms with van der Waals surface area (Å²) in [5, 5.41) is 4.76. The van der Waals surface area contributed by atoms with Gasteiger partial charge in [-0.3, -0.25) is 4.79 Å². The SMILES string of the molecule is Cc1ccc(C(=O)NCC(C)NC(=O)OCC(F)(F)F)cc1. The fourth-order valence-corrected chi connectivity index (χ4v) is 1.49. The van der Waals surface area contributed by atoms with Crippen LogP contribution in [0.5, 0.6) is 0 Å². The number of hydrogen-bond acceptors (Lipinski definition) is 3. The number of hydrogen-bond donors (Lipinski definition) is 2. The smallest absolute Gasteiger partial charge is 0.422 e. The van der Waals surface area contributed by atoms with Crippen LogP contribution in [0, 0.1) is 6.92 Å². The molecule has 1 aromatic rings. The zero-order valence-corrected chi connectivity index (χ0v) is 12.2. The molecule has 0 saturated heterocycles. The highest BCUT2D eigenvalue weighted by atomic mass is 19.4. The van der Waals surface area contributed by atoms with Gasteiger partial charge in [-0.25, -0.2) is 4.79 Å². The minimum Gasteiger partial charge on any atom is -0.440 e. The molecule has 1 aromatic carbocycles. The lowest BCUT2D eigenvalue weighted by atomic mass is 10.1. The molecule has 0 fully saturated rings. The number of rotatable bonds is 5. The van der Waals surface area contributed by atoms with Gasteiger partial charge in [0, 0.05) is 18.2 Å². The van der Waals surface area contributed by atoms with Crippen molar-refractivity contribution in [1.82, 2.24) is 10.6 Å². The second-order valence-corrected chi connectivity index (χ2v) is 4.81. The Labute approximate surface area is 125 Å². The van der Waals surface area contributed by atoms with Gasteiger partial charge >= 0.3 is 12.3 Å². The molecule has 0 aliphatic heterocycles. The van der Waals surface area contributed by atoms with Crippen molar-refractivity contribution in [2.24, 2.45) is 0 Å². The Morgan fingerprint density at radius 2 is 1.82 bits per heavy atom. The van der Waals surface area contributed by atoms with Crippen LogP contribution in [0.4, 0.5) is 18.0 Å². The van der Waals surface area contributed by atoms with Gasteiger partial charge in [0.1, 0.15) is 0 Å². The molecule has 1 unspecified atom stereocenters. The maximum atomic E-state index is 11.9. The van der Waals surface area contributed by atoms with E-state index in [1.165, 1.54) is 6.92 Å². The van der Waals surface area contributed by atoms with E-state index in [0.717, 1.165) is 5.56 Å². The zero-order chi connectivity index (χ0) is 16.8. The van der Waals surface area contributed by atoms with E-state index in [2.05, 4.69) is 15.4 Å². The molecule has 2 amide bonds. The summed E-state index contributed by atoms with van der Waals surface area (Å²) in [6, 6.07) is 6.30. The van der Waals surface area contributed by atoms with Crippen LogP contribution in [-0.2, 0) is 4.74 Å². The third-order valence-electron chi connectivity index (χ3n) is 2.61. The number of ether oxygens (including phenoxy) is 1. The van der Waals surface area contributed by atoms with E-state index in [4.69, 9.17) is 0 Å². The minimum atomic E-state index is -4.57. The molecule has 0 spiro atoms. The van der Waals surface area contributed by atoms with Crippen LogP contribution < -0.4 is 10.6 Å². The number of carbonyl (C=O) groups is 2. The molecule has 8 heteroatoms. The van der Waals surface area contributed by atoms with Crippen LogP contribution in [-0.4, -0.2) is 37.4 Å². The van der Waals surface area contributed by atoms with Gasteiger partial charge in [-0.2, -0.15) is 13.2 Å². The van der Waals surface area contributed by atoms with E-state index >= 15 is 0 Å². The molecule has 22 heavy (non-hydrogen) atoms. The van der Waals surface area contributed by atoms with Gasteiger partial charge in [-0.05, 0) is 26.0 Å². The fraction of sp³-hybridized carbons (Fsp3) is 0.429. The molecule has 5 nitrogen and oxygen atoms in total. The zero-order valence-electron chi connectivity index (χ0n) is 12.2. The number of alkyl halides is 3. The molecule has 122 valence electrons. The Hall–Kier alpha value is -2.25. The molecule has 0 saturated carbocycles. The predicted octanol–water partition coefficient (Wildman–Crippen LogP) is 2.40. The van der Waals surface area contributed by atoms with Crippen LogP contribution >= 0.6 is 0 Å². The van der Waals surface area contributed by atoms with Crippen molar-refractivity contribution in [3.63, 3.8) is 0 Å². The van der Waals surface area contributed by atoms with E-state index in [9.17, 15) is 22.8 Å². The maximum absolute atomic E-state index is 11.9. The second-order valence-electron chi connectivity index (χ2n) is 4.81. The first-order valence-corrected chi connectivity index (χ1v) is 6.52. The lowest BCUT2D eigenvalue weighted by Gasteiger charge is -2.15. The molecule has 0 aliphatic carbocycles. The average molecular weight is 318 g/mol. The number of benzene rings is 1. The summed E-state index contributed by atoms with van der Waals surface area (Å²) in [6.07, 6.45) is -5.75. The summed E-state index contributed by atoms with van der Waals surface area (Å²) in [4.78, 5) is 22.9.